The topological polar surface area (TPSA) is 29.1 Å². The highest BCUT2D eigenvalue weighted by Crippen LogP contribution is 2.27. The lowest BCUT2D eigenvalue weighted by molar-refractivity contribution is -0.122. The van der Waals surface area contributed by atoms with Crippen molar-refractivity contribution in [1.82, 2.24) is 0 Å². The number of amides is 1. The number of rotatable bonds is 4. The maximum absolute atomic E-state index is 12.3. The summed E-state index contributed by atoms with van der Waals surface area (Å²) in [6.07, 6.45) is 0. The smallest absolute Gasteiger partial charge is 0.228 e. The number of halogens is 1. The molecule has 0 fully saturated rings. The van der Waals surface area contributed by atoms with Crippen LogP contribution >= 0.6 is 15.9 Å². The average molecular weight is 312 g/mol. The molecule has 1 rings (SSSR count). The van der Waals surface area contributed by atoms with Crippen LogP contribution in [0.2, 0.25) is 0 Å². The summed E-state index contributed by atoms with van der Waals surface area (Å²) in [6, 6.07) is 5.95. The van der Waals surface area contributed by atoms with Crippen molar-refractivity contribution >= 4 is 27.5 Å². The van der Waals surface area contributed by atoms with Gasteiger partial charge in [0.2, 0.25) is 5.91 Å². The van der Waals surface area contributed by atoms with E-state index in [1.807, 2.05) is 25.1 Å². The molecule has 2 nitrogen and oxygen atoms in total. The van der Waals surface area contributed by atoms with Gasteiger partial charge in [-0.25, -0.2) is 0 Å². The van der Waals surface area contributed by atoms with E-state index in [1.165, 1.54) is 5.56 Å². The van der Waals surface area contributed by atoms with Crippen LogP contribution in [-0.4, -0.2) is 5.91 Å². The molecule has 18 heavy (non-hydrogen) atoms. The first-order valence-electron chi connectivity index (χ1n) is 6.40. The van der Waals surface area contributed by atoms with Gasteiger partial charge in [0.1, 0.15) is 0 Å². The number of anilines is 1. The lowest BCUT2D eigenvalue weighted by atomic mass is 9.85. The van der Waals surface area contributed by atoms with Crippen LogP contribution in [0.4, 0.5) is 5.69 Å². The van der Waals surface area contributed by atoms with Gasteiger partial charge < -0.3 is 5.32 Å². The molecule has 0 aliphatic heterocycles. The van der Waals surface area contributed by atoms with Gasteiger partial charge in [-0.1, -0.05) is 33.8 Å². The number of carbonyl (C=O) groups excluding carboxylic acids is 1. The monoisotopic (exact) mass is 311 g/mol. The Morgan fingerprint density at radius 2 is 1.72 bits per heavy atom. The Kier molecular flexibility index (Phi) is 5.39. The third kappa shape index (κ3) is 3.84. The summed E-state index contributed by atoms with van der Waals surface area (Å²) in [5.74, 6) is 0.825. The third-order valence-corrected chi connectivity index (χ3v) is 3.78. The predicted octanol–water partition coefficient (Wildman–Crippen LogP) is 4.62. The zero-order chi connectivity index (χ0) is 13.9. The fourth-order valence-corrected chi connectivity index (χ4v) is 2.91. The normalized spacial score (nSPS) is 11.4. The molecule has 0 bridgehead atoms. The summed E-state index contributed by atoms with van der Waals surface area (Å²) < 4.78 is 0.933. The molecule has 0 heterocycles. The summed E-state index contributed by atoms with van der Waals surface area (Å²) >= 11 is 3.48. The van der Waals surface area contributed by atoms with Crippen LogP contribution in [0.3, 0.4) is 0 Å². The lowest BCUT2D eigenvalue weighted by Gasteiger charge is -2.24. The van der Waals surface area contributed by atoms with Crippen molar-refractivity contribution in [1.29, 1.82) is 0 Å². The molecule has 0 spiro atoms. The van der Waals surface area contributed by atoms with Gasteiger partial charge in [-0.15, -0.1) is 0 Å². The molecule has 0 aliphatic rings. The number of aryl methyl sites for hydroxylation is 1. The molecular formula is C15H22BrNO. The highest BCUT2D eigenvalue weighted by Gasteiger charge is 2.25. The van der Waals surface area contributed by atoms with Crippen LogP contribution in [-0.2, 0) is 4.79 Å². The van der Waals surface area contributed by atoms with Gasteiger partial charge in [0.15, 0.2) is 0 Å². The van der Waals surface area contributed by atoms with E-state index >= 15 is 0 Å². The molecule has 0 atom stereocenters. The van der Waals surface area contributed by atoms with Crippen molar-refractivity contribution in [2.24, 2.45) is 17.8 Å². The van der Waals surface area contributed by atoms with E-state index < -0.39 is 0 Å². The van der Waals surface area contributed by atoms with Crippen LogP contribution < -0.4 is 5.32 Å². The van der Waals surface area contributed by atoms with Crippen LogP contribution in [0.15, 0.2) is 22.7 Å². The SMILES string of the molecule is Cc1ccc(NC(=O)C(C(C)C)C(C)C)c(Br)c1. The fraction of sp³-hybridized carbons (Fsp3) is 0.533. The van der Waals surface area contributed by atoms with Gasteiger partial charge in [-0.3, -0.25) is 4.79 Å². The quantitative estimate of drug-likeness (QED) is 0.863. The van der Waals surface area contributed by atoms with Gasteiger partial charge in [0.05, 0.1) is 5.69 Å². The van der Waals surface area contributed by atoms with E-state index in [0.717, 1.165) is 10.2 Å². The van der Waals surface area contributed by atoms with Gasteiger partial charge in [-0.05, 0) is 52.4 Å². The van der Waals surface area contributed by atoms with Crippen molar-refractivity contribution in [3.05, 3.63) is 28.2 Å². The molecule has 0 aromatic heterocycles. The second-order valence-electron chi connectivity index (χ2n) is 5.49. The molecule has 0 saturated heterocycles. The summed E-state index contributed by atoms with van der Waals surface area (Å²) in [6.45, 7) is 10.4. The van der Waals surface area contributed by atoms with E-state index in [1.54, 1.807) is 0 Å². The Labute approximate surface area is 118 Å². The average Bonchev–Trinajstić information content (AvgIpc) is 2.21. The third-order valence-electron chi connectivity index (χ3n) is 3.12. The second kappa shape index (κ2) is 6.37. The Hall–Kier alpha value is -0.830. The van der Waals surface area contributed by atoms with E-state index in [4.69, 9.17) is 0 Å². The molecule has 3 heteroatoms. The molecule has 1 amide bonds. The van der Waals surface area contributed by atoms with Crippen LogP contribution in [0.25, 0.3) is 0 Å². The molecule has 0 saturated carbocycles. The highest BCUT2D eigenvalue weighted by atomic mass is 79.9. The number of carbonyl (C=O) groups is 1. The van der Waals surface area contributed by atoms with Crippen molar-refractivity contribution in [2.45, 2.75) is 34.6 Å². The largest absolute Gasteiger partial charge is 0.325 e. The maximum atomic E-state index is 12.3. The van der Waals surface area contributed by atoms with E-state index in [9.17, 15) is 4.79 Å². The van der Waals surface area contributed by atoms with Gasteiger partial charge in [-0.2, -0.15) is 0 Å². The standard InChI is InChI=1S/C15H22BrNO/c1-9(2)14(10(3)4)15(18)17-13-7-6-11(5)8-12(13)16/h6-10,14H,1-5H3,(H,17,18). The lowest BCUT2D eigenvalue weighted by Crippen LogP contribution is -2.31. The van der Waals surface area contributed by atoms with Crippen molar-refractivity contribution < 1.29 is 4.79 Å². The molecule has 0 radical (unpaired) electrons. The first-order valence-corrected chi connectivity index (χ1v) is 7.19. The highest BCUT2D eigenvalue weighted by molar-refractivity contribution is 9.10. The second-order valence-corrected chi connectivity index (χ2v) is 6.34. The fourth-order valence-electron chi connectivity index (χ4n) is 2.31. The molecule has 1 N–H and O–H groups in total. The number of nitrogens with one attached hydrogen (secondary N) is 1. The molecular weight excluding hydrogens is 290 g/mol. The van der Waals surface area contributed by atoms with Crippen molar-refractivity contribution in [3.8, 4) is 0 Å². The Morgan fingerprint density at radius 1 is 1.17 bits per heavy atom. The summed E-state index contributed by atoms with van der Waals surface area (Å²) in [5.41, 5.74) is 2.01. The molecule has 1 aromatic carbocycles. The van der Waals surface area contributed by atoms with Crippen molar-refractivity contribution in [3.63, 3.8) is 0 Å². The summed E-state index contributed by atoms with van der Waals surface area (Å²) in [5, 5.41) is 3.01. The Bertz CT molecular complexity index is 419. The summed E-state index contributed by atoms with van der Waals surface area (Å²) in [4.78, 5) is 12.3. The zero-order valence-corrected chi connectivity index (χ0v) is 13.3. The summed E-state index contributed by atoms with van der Waals surface area (Å²) in [7, 11) is 0. The number of hydrogen-bond donors (Lipinski definition) is 1. The van der Waals surface area contributed by atoms with Crippen LogP contribution in [0.1, 0.15) is 33.3 Å². The minimum absolute atomic E-state index is 0.0400. The molecule has 0 unspecified atom stereocenters. The minimum Gasteiger partial charge on any atom is -0.325 e. The minimum atomic E-state index is 0.0400. The van der Waals surface area contributed by atoms with E-state index in [2.05, 4.69) is 48.9 Å². The van der Waals surface area contributed by atoms with Gasteiger partial charge in [0, 0.05) is 10.4 Å². The van der Waals surface area contributed by atoms with E-state index in [-0.39, 0.29) is 11.8 Å². The molecule has 0 aliphatic carbocycles. The van der Waals surface area contributed by atoms with Gasteiger partial charge >= 0.3 is 0 Å². The maximum Gasteiger partial charge on any atom is 0.228 e. The first kappa shape index (κ1) is 15.2. The van der Waals surface area contributed by atoms with Gasteiger partial charge in [0.25, 0.3) is 0 Å². The Morgan fingerprint density at radius 3 is 2.17 bits per heavy atom. The molecule has 100 valence electrons. The zero-order valence-electron chi connectivity index (χ0n) is 11.8. The van der Waals surface area contributed by atoms with Crippen LogP contribution in [0.5, 0.6) is 0 Å². The number of benzene rings is 1. The molecule has 1 aromatic rings. The first-order chi connectivity index (χ1) is 8.32. The van der Waals surface area contributed by atoms with Crippen molar-refractivity contribution in [2.75, 3.05) is 5.32 Å². The number of hydrogen-bond acceptors (Lipinski definition) is 1. The Balaban J connectivity index is 2.86. The van der Waals surface area contributed by atoms with Crippen LogP contribution in [0, 0.1) is 24.7 Å². The van der Waals surface area contributed by atoms with E-state index in [0.29, 0.717) is 11.8 Å². The predicted molar refractivity (Wildman–Crippen MR) is 80.7 cm³/mol.